The Hall–Kier alpha value is -3.00. The lowest BCUT2D eigenvalue weighted by Gasteiger charge is -2.25. The average Bonchev–Trinajstić information content (AvgIpc) is 3.52. The number of halogens is 1. The van der Waals surface area contributed by atoms with Crippen LogP contribution in [-0.2, 0) is 4.74 Å². The highest BCUT2D eigenvalue weighted by molar-refractivity contribution is 5.77. The van der Waals surface area contributed by atoms with Crippen molar-refractivity contribution in [2.75, 3.05) is 19.0 Å². The van der Waals surface area contributed by atoms with Crippen LogP contribution in [0.3, 0.4) is 0 Å². The molecule has 0 amide bonds. The predicted molar refractivity (Wildman–Crippen MR) is 136 cm³/mol. The molecule has 5 rings (SSSR count). The molecule has 0 bridgehead atoms. The minimum atomic E-state index is -0.946. The number of allylic oxidation sites excluding steroid dienone is 2. The number of anilines is 1. The molecule has 1 fully saturated rings. The molecule has 0 radical (unpaired) electrons. The molecule has 2 unspecified atom stereocenters. The quantitative estimate of drug-likeness (QED) is 0.387. The highest BCUT2D eigenvalue weighted by Gasteiger charge is 2.21. The molecule has 0 aromatic carbocycles. The molecule has 1 saturated carbocycles. The number of aromatic nitrogens is 5. The zero-order valence-corrected chi connectivity index (χ0v) is 20.7. The number of nitrogens with zero attached hydrogens (tertiary/aromatic N) is 5. The second kappa shape index (κ2) is 10.7. The van der Waals surface area contributed by atoms with Crippen molar-refractivity contribution in [2.24, 2.45) is 0 Å². The van der Waals surface area contributed by atoms with E-state index in [2.05, 4.69) is 33.3 Å². The monoisotopic (exact) mass is 478 g/mol. The number of ether oxygens (including phenoxy) is 1. The first-order chi connectivity index (χ1) is 17.1. The molecular formula is C27H35FN6O. The van der Waals surface area contributed by atoms with Gasteiger partial charge in [-0.2, -0.15) is 10.2 Å². The van der Waals surface area contributed by atoms with E-state index in [1.54, 1.807) is 17.7 Å². The molecule has 2 aliphatic carbocycles. The zero-order chi connectivity index (χ0) is 24.2. The van der Waals surface area contributed by atoms with Crippen molar-refractivity contribution in [1.29, 1.82) is 0 Å². The summed E-state index contributed by atoms with van der Waals surface area (Å²) >= 11 is 0. The van der Waals surface area contributed by atoms with Gasteiger partial charge in [-0.25, -0.2) is 13.9 Å². The first-order valence-electron chi connectivity index (χ1n) is 12.8. The topological polar surface area (TPSA) is 69.3 Å². The molecule has 3 heterocycles. The van der Waals surface area contributed by atoms with Gasteiger partial charge in [-0.3, -0.25) is 4.68 Å². The van der Waals surface area contributed by atoms with Gasteiger partial charge < -0.3 is 10.1 Å². The molecule has 0 spiro atoms. The summed E-state index contributed by atoms with van der Waals surface area (Å²) in [5.74, 6) is 0.740. The third kappa shape index (κ3) is 5.32. The smallest absolute Gasteiger partial charge is 0.165 e. The highest BCUT2D eigenvalue weighted by atomic mass is 19.1. The van der Waals surface area contributed by atoms with E-state index in [9.17, 15) is 4.39 Å². The third-order valence-corrected chi connectivity index (χ3v) is 7.18. The highest BCUT2D eigenvalue weighted by Crippen LogP contribution is 2.31. The standard InChI is InChI=1S/C27H35FN6O/c1-19(24-15-22(28)11-10-20(24)7-6-14-35-2)31-26-12-13-33-27(32-26)25(17-30-33)21-16-29-34(18-21)23-8-4-3-5-9-23/h10,12-13,15-19,22-23H,3-9,11,14H2,1-2H3,(H,31,32). The molecule has 7 nitrogen and oxygen atoms in total. The molecule has 186 valence electrons. The zero-order valence-electron chi connectivity index (χ0n) is 20.7. The van der Waals surface area contributed by atoms with Crippen molar-refractivity contribution in [3.05, 3.63) is 54.2 Å². The van der Waals surface area contributed by atoms with Gasteiger partial charge in [-0.05, 0) is 55.9 Å². The van der Waals surface area contributed by atoms with E-state index in [4.69, 9.17) is 9.72 Å². The van der Waals surface area contributed by atoms with Crippen molar-refractivity contribution < 1.29 is 9.13 Å². The Kier molecular flexibility index (Phi) is 7.27. The summed E-state index contributed by atoms with van der Waals surface area (Å²) in [6.07, 6.45) is 19.1. The third-order valence-electron chi connectivity index (χ3n) is 7.18. The molecule has 1 N–H and O–H groups in total. The maximum Gasteiger partial charge on any atom is 0.165 e. The SMILES string of the molecule is COCCCC1=CCC(F)C=C1C(C)Nc1ccn2ncc(-c3cnn(C4CCCCC4)c3)c2n1. The Bertz CT molecular complexity index is 1210. The van der Waals surface area contributed by atoms with Gasteiger partial charge in [0.25, 0.3) is 0 Å². The van der Waals surface area contributed by atoms with Crippen LogP contribution < -0.4 is 5.32 Å². The lowest BCUT2D eigenvalue weighted by Crippen LogP contribution is -2.23. The van der Waals surface area contributed by atoms with Crippen LogP contribution in [0, 0.1) is 0 Å². The average molecular weight is 479 g/mol. The Morgan fingerprint density at radius 1 is 1.20 bits per heavy atom. The Morgan fingerprint density at radius 2 is 2.06 bits per heavy atom. The van der Waals surface area contributed by atoms with E-state index in [1.165, 1.54) is 37.7 Å². The fourth-order valence-electron chi connectivity index (χ4n) is 5.29. The Morgan fingerprint density at radius 3 is 2.89 bits per heavy atom. The number of rotatable bonds is 9. The van der Waals surface area contributed by atoms with Crippen molar-refractivity contribution in [3.63, 3.8) is 0 Å². The molecule has 0 aliphatic heterocycles. The number of alkyl halides is 1. The van der Waals surface area contributed by atoms with Crippen LogP contribution in [0.25, 0.3) is 16.8 Å². The van der Waals surface area contributed by atoms with Crippen LogP contribution in [0.1, 0.15) is 64.3 Å². The second-order valence-corrected chi connectivity index (χ2v) is 9.71. The number of hydrogen-bond donors (Lipinski definition) is 1. The van der Waals surface area contributed by atoms with Gasteiger partial charge in [0.15, 0.2) is 5.65 Å². The molecule has 0 saturated heterocycles. The molecule has 2 aliphatic rings. The van der Waals surface area contributed by atoms with Crippen molar-refractivity contribution in [1.82, 2.24) is 24.4 Å². The van der Waals surface area contributed by atoms with Gasteiger partial charge in [0, 0.05) is 49.7 Å². The van der Waals surface area contributed by atoms with Gasteiger partial charge in [0.05, 0.1) is 18.4 Å². The van der Waals surface area contributed by atoms with Crippen LogP contribution in [-0.4, -0.2) is 50.3 Å². The summed E-state index contributed by atoms with van der Waals surface area (Å²) in [6.45, 7) is 2.76. The maximum atomic E-state index is 14.2. The first-order valence-corrected chi connectivity index (χ1v) is 12.8. The molecule has 8 heteroatoms. The Labute approximate surface area is 206 Å². The van der Waals surface area contributed by atoms with E-state index >= 15 is 0 Å². The van der Waals surface area contributed by atoms with Crippen molar-refractivity contribution in [2.45, 2.75) is 76.5 Å². The van der Waals surface area contributed by atoms with E-state index in [0.717, 1.165) is 41.0 Å². The lowest BCUT2D eigenvalue weighted by molar-refractivity contribution is 0.195. The number of methoxy groups -OCH3 is 1. The lowest BCUT2D eigenvalue weighted by atomic mass is 9.89. The summed E-state index contributed by atoms with van der Waals surface area (Å²) in [6, 6.07) is 2.33. The van der Waals surface area contributed by atoms with E-state index in [-0.39, 0.29) is 6.04 Å². The molecule has 2 atom stereocenters. The summed E-state index contributed by atoms with van der Waals surface area (Å²) in [5.41, 5.74) is 4.97. The number of nitrogens with one attached hydrogen (secondary N) is 1. The largest absolute Gasteiger partial charge is 0.385 e. The maximum absolute atomic E-state index is 14.2. The van der Waals surface area contributed by atoms with E-state index < -0.39 is 6.17 Å². The van der Waals surface area contributed by atoms with Gasteiger partial charge in [-0.15, -0.1) is 0 Å². The van der Waals surface area contributed by atoms with Crippen molar-refractivity contribution in [3.8, 4) is 11.1 Å². The minimum absolute atomic E-state index is 0.0716. The van der Waals surface area contributed by atoms with Crippen LogP contribution in [0.2, 0.25) is 0 Å². The fraction of sp³-hybridized carbons (Fsp3) is 0.519. The number of fused-ring (bicyclic) bond motifs is 1. The summed E-state index contributed by atoms with van der Waals surface area (Å²) in [5, 5.41) is 12.6. The summed E-state index contributed by atoms with van der Waals surface area (Å²) in [7, 11) is 1.71. The van der Waals surface area contributed by atoms with Crippen LogP contribution in [0.5, 0.6) is 0 Å². The minimum Gasteiger partial charge on any atom is -0.385 e. The second-order valence-electron chi connectivity index (χ2n) is 9.71. The van der Waals surface area contributed by atoms with E-state index in [1.807, 2.05) is 30.7 Å². The summed E-state index contributed by atoms with van der Waals surface area (Å²) < 4.78 is 23.3. The van der Waals surface area contributed by atoms with Gasteiger partial charge in [-0.1, -0.05) is 25.3 Å². The van der Waals surface area contributed by atoms with Crippen LogP contribution in [0.4, 0.5) is 10.2 Å². The summed E-state index contributed by atoms with van der Waals surface area (Å²) in [4.78, 5) is 4.88. The van der Waals surface area contributed by atoms with Gasteiger partial charge >= 0.3 is 0 Å². The van der Waals surface area contributed by atoms with Crippen molar-refractivity contribution >= 4 is 11.5 Å². The molecular weight excluding hydrogens is 443 g/mol. The number of hydrogen-bond acceptors (Lipinski definition) is 5. The van der Waals surface area contributed by atoms with E-state index in [0.29, 0.717) is 19.1 Å². The van der Waals surface area contributed by atoms with Gasteiger partial charge in [0.1, 0.15) is 12.0 Å². The molecule has 3 aromatic rings. The first kappa shape index (κ1) is 23.7. The normalized spacial score (nSPS) is 20.0. The predicted octanol–water partition coefficient (Wildman–Crippen LogP) is 5.92. The van der Waals surface area contributed by atoms with Crippen LogP contribution >= 0.6 is 0 Å². The van der Waals surface area contributed by atoms with Gasteiger partial charge in [0.2, 0.25) is 0 Å². The molecule has 3 aromatic heterocycles. The van der Waals surface area contributed by atoms with Crippen LogP contribution in [0.15, 0.2) is 54.2 Å². The molecule has 35 heavy (non-hydrogen) atoms. The fourth-order valence-corrected chi connectivity index (χ4v) is 5.29. The Balaban J connectivity index is 1.35.